The summed E-state index contributed by atoms with van der Waals surface area (Å²) in [5, 5.41) is 6.09. The maximum Gasteiger partial charge on any atom is 0.0620 e. The normalized spacial score (nSPS) is 12.5. The van der Waals surface area contributed by atoms with E-state index in [4.69, 9.17) is 0 Å². The minimum absolute atomic E-state index is 0.322. The highest BCUT2D eigenvalue weighted by Gasteiger charge is 2.37. The van der Waals surface area contributed by atoms with E-state index in [2.05, 4.69) is 337 Å². The zero-order chi connectivity index (χ0) is 55.9. The number of anilines is 3. The number of aromatic nitrogens is 2. The third kappa shape index (κ3) is 7.96. The fraction of sp³-hybridized carbons (Fsp3) is 0.0370. The summed E-state index contributed by atoms with van der Waals surface area (Å²) in [7, 11) is 0. The number of hydrogen-bond acceptors (Lipinski definition) is 1. The second-order valence-corrected chi connectivity index (χ2v) is 22.8. The van der Waals surface area contributed by atoms with E-state index < -0.39 is 0 Å². The lowest BCUT2D eigenvalue weighted by Crippen LogP contribution is -2.16. The van der Waals surface area contributed by atoms with E-state index in [9.17, 15) is 0 Å². The van der Waals surface area contributed by atoms with E-state index in [1.807, 2.05) is 0 Å². The molecule has 2 aromatic heterocycles. The summed E-state index contributed by atoms with van der Waals surface area (Å²) in [6.07, 6.45) is 0. The third-order valence-corrected chi connectivity index (χ3v) is 17.7. The van der Waals surface area contributed by atoms with E-state index in [0.29, 0.717) is 0 Å². The molecule has 1 aliphatic carbocycles. The molecule has 0 aliphatic heterocycles. The average molecular weight is 1070 g/mol. The molecule has 0 bridgehead atoms. The predicted molar refractivity (Wildman–Crippen MR) is 355 cm³/mol. The summed E-state index contributed by atoms with van der Waals surface area (Å²) >= 11 is 0. The Morgan fingerprint density at radius 1 is 0.274 bits per heavy atom. The molecule has 0 spiro atoms. The molecule has 3 nitrogen and oxygen atoms in total. The highest BCUT2D eigenvalue weighted by Crippen LogP contribution is 2.54. The van der Waals surface area contributed by atoms with Crippen LogP contribution < -0.4 is 4.90 Å². The zero-order valence-electron chi connectivity index (χ0n) is 46.8. The fourth-order valence-electron chi connectivity index (χ4n) is 13.7. The molecule has 0 atom stereocenters. The number of fused-ring (bicyclic) bond motifs is 9. The fourth-order valence-corrected chi connectivity index (χ4v) is 13.7. The molecule has 0 fully saturated rings. The number of para-hydroxylation sites is 2. The van der Waals surface area contributed by atoms with Crippen LogP contribution in [0.4, 0.5) is 17.1 Å². The van der Waals surface area contributed by atoms with Crippen molar-refractivity contribution in [2.45, 2.75) is 19.3 Å². The standard InChI is InChI=1S/C81H57N3/c1-81(2)74-50-60(71-53-73-78(58-26-12-5-13-27-58)79(59-28-14-6-15-29-59)84(80(73)70-34-19-18-32-66(70)71)63-43-38-57(39-44-63)55-24-10-4-11-25-55)40-47-67(74)68-48-45-65(52-75(68)81)82(62-41-36-56(37-42-62)54-22-8-3-9-23-54)64-46-49-77-72(51-64)69-33-20-21-35-76(69)83(77)61-30-16-7-17-31-61/h3-53H,1-2H3. The number of nitrogens with zero attached hydrogens (tertiary/aromatic N) is 3. The van der Waals surface area contributed by atoms with Gasteiger partial charge in [0.25, 0.3) is 0 Å². The van der Waals surface area contributed by atoms with Gasteiger partial charge in [0.1, 0.15) is 0 Å². The van der Waals surface area contributed by atoms with E-state index in [1.54, 1.807) is 0 Å². The highest BCUT2D eigenvalue weighted by molar-refractivity contribution is 6.20. The van der Waals surface area contributed by atoms with E-state index in [0.717, 1.165) is 28.4 Å². The van der Waals surface area contributed by atoms with Crippen LogP contribution in [0.2, 0.25) is 0 Å². The molecule has 2 heterocycles. The average Bonchev–Trinajstić information content (AvgIpc) is 2.11. The van der Waals surface area contributed by atoms with Crippen LogP contribution in [0.15, 0.2) is 309 Å². The lowest BCUT2D eigenvalue weighted by Gasteiger charge is -2.28. The number of benzene rings is 13. The third-order valence-electron chi connectivity index (χ3n) is 17.7. The highest BCUT2D eigenvalue weighted by atomic mass is 15.1. The van der Waals surface area contributed by atoms with E-state index in [1.165, 1.54) is 122 Å². The summed E-state index contributed by atoms with van der Waals surface area (Å²) in [5.74, 6) is 0. The Labute approximate surface area is 489 Å². The first kappa shape index (κ1) is 49.1. The second-order valence-electron chi connectivity index (χ2n) is 22.8. The lowest BCUT2D eigenvalue weighted by atomic mass is 9.81. The van der Waals surface area contributed by atoms with Crippen LogP contribution in [-0.4, -0.2) is 9.13 Å². The van der Waals surface area contributed by atoms with Gasteiger partial charge in [0.15, 0.2) is 0 Å². The SMILES string of the molecule is CC1(C)c2cc(-c3cc4c(-c5ccccc5)c(-c5ccccc5)n(-c5ccc(-c6ccccc6)cc5)c4c4ccccc34)ccc2-c2ccc(N(c3ccc(-c4ccccc4)cc3)c3ccc4c(c3)c3ccccc3n4-c3ccccc3)cc21. The van der Waals surface area contributed by atoms with Crippen LogP contribution >= 0.6 is 0 Å². The van der Waals surface area contributed by atoms with Crippen molar-refractivity contribution in [1.29, 1.82) is 0 Å². The number of rotatable bonds is 10. The predicted octanol–water partition coefficient (Wildman–Crippen LogP) is 22.0. The Kier molecular flexibility index (Phi) is 11.6. The van der Waals surface area contributed by atoms with Gasteiger partial charge in [0.05, 0.1) is 22.2 Å². The molecule has 0 amide bonds. The van der Waals surface area contributed by atoms with Gasteiger partial charge >= 0.3 is 0 Å². The van der Waals surface area contributed by atoms with Crippen molar-refractivity contribution in [3.05, 3.63) is 321 Å². The van der Waals surface area contributed by atoms with Crippen molar-refractivity contribution >= 4 is 60.5 Å². The summed E-state index contributed by atoms with van der Waals surface area (Å²) < 4.78 is 4.92. The van der Waals surface area contributed by atoms with Gasteiger partial charge in [-0.05, 0) is 157 Å². The largest absolute Gasteiger partial charge is 0.310 e. The molecule has 396 valence electrons. The van der Waals surface area contributed by atoms with Gasteiger partial charge in [-0.1, -0.05) is 238 Å². The Morgan fingerprint density at radius 3 is 1.38 bits per heavy atom. The molecule has 16 rings (SSSR count). The van der Waals surface area contributed by atoms with Crippen LogP contribution in [0.1, 0.15) is 25.0 Å². The van der Waals surface area contributed by atoms with Crippen LogP contribution in [0.3, 0.4) is 0 Å². The van der Waals surface area contributed by atoms with Gasteiger partial charge in [-0.2, -0.15) is 0 Å². The van der Waals surface area contributed by atoms with Crippen LogP contribution in [0.5, 0.6) is 0 Å². The Hall–Kier alpha value is -10.7. The van der Waals surface area contributed by atoms with Crippen LogP contribution in [0.25, 0.3) is 122 Å². The first-order chi connectivity index (χ1) is 41.4. The lowest BCUT2D eigenvalue weighted by molar-refractivity contribution is 0.660. The second kappa shape index (κ2) is 19.8. The van der Waals surface area contributed by atoms with Gasteiger partial charge in [-0.3, -0.25) is 0 Å². The molecule has 0 saturated carbocycles. The molecule has 13 aromatic carbocycles. The topological polar surface area (TPSA) is 13.1 Å². The molecule has 3 heteroatoms. The maximum atomic E-state index is 2.52. The molecule has 1 aliphatic rings. The van der Waals surface area contributed by atoms with Gasteiger partial charge in [0, 0.05) is 61.0 Å². The van der Waals surface area contributed by atoms with Gasteiger partial charge < -0.3 is 14.0 Å². The van der Waals surface area contributed by atoms with Gasteiger partial charge in [0.2, 0.25) is 0 Å². The molecule has 84 heavy (non-hydrogen) atoms. The first-order valence-corrected chi connectivity index (χ1v) is 29.2. The molecular weight excluding hydrogens is 1010 g/mol. The Morgan fingerprint density at radius 2 is 0.726 bits per heavy atom. The minimum Gasteiger partial charge on any atom is -0.310 e. The first-order valence-electron chi connectivity index (χ1n) is 29.2. The van der Waals surface area contributed by atoms with Crippen molar-refractivity contribution in [3.8, 4) is 78.3 Å². The zero-order valence-corrected chi connectivity index (χ0v) is 46.8. The summed E-state index contributed by atoms with van der Waals surface area (Å²) in [6, 6.07) is 114. The van der Waals surface area contributed by atoms with Crippen molar-refractivity contribution in [1.82, 2.24) is 9.13 Å². The molecule has 0 saturated heterocycles. The smallest absolute Gasteiger partial charge is 0.0620 e. The quantitative estimate of drug-likeness (QED) is 0.133. The molecule has 0 N–H and O–H groups in total. The molecule has 15 aromatic rings. The minimum atomic E-state index is -0.322. The van der Waals surface area contributed by atoms with Crippen LogP contribution in [-0.2, 0) is 5.41 Å². The van der Waals surface area contributed by atoms with Gasteiger partial charge in [-0.25, -0.2) is 0 Å². The van der Waals surface area contributed by atoms with E-state index >= 15 is 0 Å². The Balaban J connectivity index is 0.853. The molecule has 0 radical (unpaired) electrons. The number of hydrogen-bond donors (Lipinski definition) is 0. The van der Waals surface area contributed by atoms with Crippen LogP contribution in [0, 0.1) is 0 Å². The van der Waals surface area contributed by atoms with E-state index in [-0.39, 0.29) is 5.41 Å². The molecule has 0 unspecified atom stereocenters. The van der Waals surface area contributed by atoms with Crippen molar-refractivity contribution in [3.63, 3.8) is 0 Å². The van der Waals surface area contributed by atoms with Crippen molar-refractivity contribution in [2.24, 2.45) is 0 Å². The molecular formula is C81H57N3. The maximum absolute atomic E-state index is 2.52. The summed E-state index contributed by atoms with van der Waals surface area (Å²) in [6.45, 7) is 4.83. The Bertz CT molecular complexity index is 4980. The van der Waals surface area contributed by atoms with Crippen molar-refractivity contribution in [2.75, 3.05) is 4.90 Å². The van der Waals surface area contributed by atoms with Gasteiger partial charge in [-0.15, -0.1) is 0 Å². The van der Waals surface area contributed by atoms with Crippen molar-refractivity contribution < 1.29 is 0 Å². The summed E-state index contributed by atoms with van der Waals surface area (Å²) in [4.78, 5) is 2.45. The monoisotopic (exact) mass is 1070 g/mol. The summed E-state index contributed by atoms with van der Waals surface area (Å²) in [5.41, 5.74) is 26.0.